The van der Waals surface area contributed by atoms with E-state index in [-0.39, 0.29) is 18.0 Å². The number of carboxylic acids is 1. The van der Waals surface area contributed by atoms with Crippen molar-refractivity contribution in [3.8, 4) is 0 Å². The molecule has 6 nitrogen and oxygen atoms in total. The number of likely N-dealkylation sites (N-methyl/N-ethyl adjacent to an activating group) is 1. The number of rotatable bonds is 12. The van der Waals surface area contributed by atoms with Crippen molar-refractivity contribution in [2.24, 2.45) is 0 Å². The first-order valence-corrected chi connectivity index (χ1v) is 7.68. The molecule has 0 aliphatic carbocycles. The summed E-state index contributed by atoms with van der Waals surface area (Å²) in [6.07, 6.45) is 0.168. The van der Waals surface area contributed by atoms with Gasteiger partial charge in [0.1, 0.15) is 12.4 Å². The number of ether oxygens (including phenoxy) is 1. The van der Waals surface area contributed by atoms with Crippen LogP contribution in [0.15, 0.2) is 0 Å². The fraction of sp³-hybridized carbons (Fsp3) is 0.769. The molecule has 0 spiro atoms. The van der Waals surface area contributed by atoms with Crippen LogP contribution in [0, 0.1) is 0 Å². The van der Waals surface area contributed by atoms with E-state index < -0.39 is 12.1 Å². The lowest BCUT2D eigenvalue weighted by Gasteiger charge is -2.21. The highest BCUT2D eigenvalue weighted by molar-refractivity contribution is 8.13. The van der Waals surface area contributed by atoms with Gasteiger partial charge in [-0.1, -0.05) is 25.6 Å². The minimum absolute atomic E-state index is 0.0244. The minimum Gasteiger partial charge on any atom is -0.481 e. The van der Waals surface area contributed by atoms with E-state index in [9.17, 15) is 14.4 Å². The van der Waals surface area contributed by atoms with Crippen LogP contribution in [0.2, 0.25) is 0 Å². The second-order valence-corrected chi connectivity index (χ2v) is 5.30. The molecule has 7 heteroatoms. The molecule has 0 saturated heterocycles. The minimum atomic E-state index is -0.976. The topological polar surface area (TPSA) is 83.9 Å². The molecule has 0 saturated carbocycles. The van der Waals surface area contributed by atoms with Gasteiger partial charge < -0.3 is 19.5 Å². The Hall–Kier alpha value is -0.920. The maximum atomic E-state index is 11.3. The molecule has 0 bridgehead atoms. The van der Waals surface area contributed by atoms with E-state index in [2.05, 4.69) is 4.90 Å². The van der Waals surface area contributed by atoms with Gasteiger partial charge in [0.05, 0.1) is 13.0 Å². The van der Waals surface area contributed by atoms with E-state index in [1.165, 1.54) is 0 Å². The van der Waals surface area contributed by atoms with Crippen LogP contribution in [0.25, 0.3) is 0 Å². The van der Waals surface area contributed by atoms with Crippen LogP contribution >= 0.6 is 11.8 Å². The molecular weight excluding hydrogens is 282 g/mol. The summed E-state index contributed by atoms with van der Waals surface area (Å²) in [5.74, 6) is -0.545. The lowest BCUT2D eigenvalue weighted by atomic mass is 10.3. The first-order chi connectivity index (χ1) is 9.53. The van der Waals surface area contributed by atoms with E-state index >= 15 is 0 Å². The van der Waals surface area contributed by atoms with Crippen molar-refractivity contribution in [3.05, 3.63) is 0 Å². The van der Waals surface area contributed by atoms with Crippen LogP contribution in [0.3, 0.4) is 0 Å². The Bertz CT molecular complexity index is 307. The summed E-state index contributed by atoms with van der Waals surface area (Å²) in [6, 6.07) is 0. The number of hydrogen-bond donors (Lipinski definition) is 1. The fourth-order valence-corrected chi connectivity index (χ4v) is 2.16. The van der Waals surface area contributed by atoms with Crippen molar-refractivity contribution in [1.29, 1.82) is 0 Å². The Kier molecular flexibility index (Phi) is 11.3. The zero-order valence-electron chi connectivity index (χ0n) is 12.0. The fourth-order valence-electron chi connectivity index (χ4n) is 1.51. The molecule has 0 aromatic heterocycles. The highest BCUT2D eigenvalue weighted by Gasteiger charge is 2.12. The van der Waals surface area contributed by atoms with Gasteiger partial charge in [-0.2, -0.15) is 0 Å². The van der Waals surface area contributed by atoms with Crippen molar-refractivity contribution < 1.29 is 24.2 Å². The van der Waals surface area contributed by atoms with E-state index in [0.717, 1.165) is 31.1 Å². The van der Waals surface area contributed by atoms with Crippen LogP contribution < -0.4 is 0 Å². The summed E-state index contributed by atoms with van der Waals surface area (Å²) in [5.41, 5.74) is 0. The van der Waals surface area contributed by atoms with Crippen LogP contribution in [0.5, 0.6) is 0 Å². The van der Waals surface area contributed by atoms with Gasteiger partial charge in [0.15, 0.2) is 5.12 Å². The lowest BCUT2D eigenvalue weighted by molar-refractivity contribution is -0.138. The maximum absolute atomic E-state index is 11.3. The third kappa shape index (κ3) is 9.94. The summed E-state index contributed by atoms with van der Waals surface area (Å²) in [4.78, 5) is 34.6. The van der Waals surface area contributed by atoms with E-state index in [4.69, 9.17) is 9.84 Å². The Balaban J connectivity index is 3.77. The molecule has 1 atom stereocenters. The highest BCUT2D eigenvalue weighted by atomic mass is 32.2. The predicted molar refractivity (Wildman–Crippen MR) is 77.9 cm³/mol. The SMILES string of the molecule is CCN(CC)CC(C=O)OCCSC(=O)CCC(=O)O. The van der Waals surface area contributed by atoms with Gasteiger partial charge in [-0.05, 0) is 13.1 Å². The number of carbonyl (C=O) groups excluding carboxylic acids is 2. The lowest BCUT2D eigenvalue weighted by Crippen LogP contribution is -2.35. The third-order valence-corrected chi connectivity index (χ3v) is 3.60. The Morgan fingerprint density at radius 3 is 2.45 bits per heavy atom. The van der Waals surface area contributed by atoms with Crippen molar-refractivity contribution >= 4 is 29.1 Å². The van der Waals surface area contributed by atoms with Gasteiger partial charge >= 0.3 is 5.97 Å². The van der Waals surface area contributed by atoms with Crippen LogP contribution in [-0.2, 0) is 19.1 Å². The van der Waals surface area contributed by atoms with Gasteiger partial charge in [-0.3, -0.25) is 9.59 Å². The summed E-state index contributed by atoms with van der Waals surface area (Å²) in [5, 5.41) is 8.28. The third-order valence-electron chi connectivity index (χ3n) is 2.71. The molecule has 0 fully saturated rings. The predicted octanol–water partition coefficient (Wildman–Crippen LogP) is 1.04. The second kappa shape index (κ2) is 11.9. The summed E-state index contributed by atoms with van der Waals surface area (Å²) in [6.45, 7) is 6.59. The van der Waals surface area contributed by atoms with E-state index in [1.807, 2.05) is 13.8 Å². The molecule has 20 heavy (non-hydrogen) atoms. The van der Waals surface area contributed by atoms with Crippen molar-refractivity contribution in [2.45, 2.75) is 32.8 Å². The van der Waals surface area contributed by atoms with Gasteiger partial charge in [0, 0.05) is 18.7 Å². The van der Waals surface area contributed by atoms with Gasteiger partial charge in [-0.15, -0.1) is 0 Å². The van der Waals surface area contributed by atoms with E-state index in [1.54, 1.807) is 0 Å². The average molecular weight is 305 g/mol. The molecule has 0 rings (SSSR count). The number of nitrogens with zero attached hydrogens (tertiary/aromatic N) is 1. The molecule has 0 heterocycles. The zero-order valence-corrected chi connectivity index (χ0v) is 12.9. The van der Waals surface area contributed by atoms with Crippen molar-refractivity contribution in [3.63, 3.8) is 0 Å². The number of thioether (sulfide) groups is 1. The highest BCUT2D eigenvalue weighted by Crippen LogP contribution is 2.08. The zero-order chi connectivity index (χ0) is 15.4. The molecule has 0 aromatic rings. The summed E-state index contributed by atoms with van der Waals surface area (Å²) in [7, 11) is 0. The number of aldehydes is 1. The molecule has 1 unspecified atom stereocenters. The van der Waals surface area contributed by atoms with Gasteiger partial charge in [-0.25, -0.2) is 0 Å². The number of aliphatic carboxylic acids is 1. The molecular formula is C13H23NO5S. The molecule has 0 aliphatic heterocycles. The van der Waals surface area contributed by atoms with Crippen LogP contribution in [0.1, 0.15) is 26.7 Å². The smallest absolute Gasteiger partial charge is 0.303 e. The molecule has 0 aromatic carbocycles. The molecule has 116 valence electrons. The summed E-state index contributed by atoms with van der Waals surface area (Å²) >= 11 is 1.04. The Morgan fingerprint density at radius 1 is 1.30 bits per heavy atom. The first-order valence-electron chi connectivity index (χ1n) is 6.70. The average Bonchev–Trinajstić information content (AvgIpc) is 2.44. The van der Waals surface area contributed by atoms with Crippen LogP contribution in [-0.4, -0.2) is 65.5 Å². The normalized spacial score (nSPS) is 12.3. The Labute approximate surface area is 123 Å². The molecule has 1 N–H and O–H groups in total. The van der Waals surface area contributed by atoms with Crippen molar-refractivity contribution in [2.75, 3.05) is 32.0 Å². The Morgan fingerprint density at radius 2 is 1.95 bits per heavy atom. The quantitative estimate of drug-likeness (QED) is 0.426. The van der Waals surface area contributed by atoms with Gasteiger partial charge in [0.25, 0.3) is 0 Å². The number of carboxylic acid groups (broad SMARTS) is 1. The summed E-state index contributed by atoms with van der Waals surface area (Å²) < 4.78 is 5.40. The van der Waals surface area contributed by atoms with Gasteiger partial charge in [0.2, 0.25) is 0 Å². The first kappa shape index (κ1) is 19.1. The van der Waals surface area contributed by atoms with Crippen LogP contribution in [0.4, 0.5) is 0 Å². The second-order valence-electron chi connectivity index (χ2n) is 4.15. The van der Waals surface area contributed by atoms with Crippen molar-refractivity contribution in [1.82, 2.24) is 4.90 Å². The monoisotopic (exact) mass is 305 g/mol. The number of hydrogen-bond acceptors (Lipinski definition) is 6. The molecule has 0 radical (unpaired) electrons. The molecule has 0 aliphatic rings. The largest absolute Gasteiger partial charge is 0.481 e. The molecule has 0 amide bonds. The standard InChI is InChI=1S/C13H23NO5S/c1-3-14(4-2)9-11(10-15)19-7-8-20-13(18)6-5-12(16)17/h10-11H,3-9H2,1-2H3,(H,16,17). The van der Waals surface area contributed by atoms with E-state index in [0.29, 0.717) is 18.9 Å². The number of carbonyl (C=O) groups is 3. The maximum Gasteiger partial charge on any atom is 0.303 e.